The molecule has 3 heterocycles. The maximum Gasteiger partial charge on any atom is 0.282 e. The van der Waals surface area contributed by atoms with Crippen molar-refractivity contribution in [3.63, 3.8) is 0 Å². The molecule has 2 saturated heterocycles. The topological polar surface area (TPSA) is 84.5 Å². The zero-order valence-electron chi connectivity index (χ0n) is 16.1. The van der Waals surface area contributed by atoms with Gasteiger partial charge in [0.2, 0.25) is 0 Å². The van der Waals surface area contributed by atoms with Crippen molar-refractivity contribution in [2.45, 2.75) is 31.6 Å². The van der Waals surface area contributed by atoms with Crippen molar-refractivity contribution < 1.29 is 9.72 Å². The Balaban J connectivity index is 1.52. The number of aryl methyl sites for hydroxylation is 1. The molecule has 2 aliphatic heterocycles. The van der Waals surface area contributed by atoms with Crippen molar-refractivity contribution >= 4 is 17.3 Å². The maximum absolute atomic E-state index is 12.8. The van der Waals surface area contributed by atoms with Gasteiger partial charge in [-0.2, -0.15) is 5.10 Å². The van der Waals surface area contributed by atoms with Gasteiger partial charge in [0.15, 0.2) is 0 Å². The highest BCUT2D eigenvalue weighted by Crippen LogP contribution is 2.33. The van der Waals surface area contributed by atoms with Gasteiger partial charge in [-0.25, -0.2) is 0 Å². The molecule has 2 aliphatic rings. The third-order valence-electron chi connectivity index (χ3n) is 5.86. The van der Waals surface area contributed by atoms with E-state index >= 15 is 0 Å². The lowest BCUT2D eigenvalue weighted by molar-refractivity contribution is -0.385. The molecule has 0 saturated carbocycles. The average molecular weight is 383 g/mol. The van der Waals surface area contributed by atoms with Crippen molar-refractivity contribution in [3.05, 3.63) is 51.8 Å². The second kappa shape index (κ2) is 7.61. The first-order chi connectivity index (χ1) is 13.5. The second-order valence-electron chi connectivity index (χ2n) is 7.67. The number of amides is 1. The summed E-state index contributed by atoms with van der Waals surface area (Å²) in [5.41, 5.74) is 2.25. The van der Waals surface area contributed by atoms with E-state index in [9.17, 15) is 14.9 Å². The Kier molecular flexibility index (Phi) is 5.02. The highest BCUT2D eigenvalue weighted by Gasteiger charge is 2.29. The summed E-state index contributed by atoms with van der Waals surface area (Å²) in [4.78, 5) is 27.8. The van der Waals surface area contributed by atoms with Crippen molar-refractivity contribution in [3.8, 4) is 0 Å². The van der Waals surface area contributed by atoms with Crippen LogP contribution in [0.2, 0.25) is 0 Å². The van der Waals surface area contributed by atoms with E-state index in [0.717, 1.165) is 44.5 Å². The molecule has 0 radical (unpaired) electrons. The van der Waals surface area contributed by atoms with E-state index in [4.69, 9.17) is 0 Å². The van der Waals surface area contributed by atoms with Crippen LogP contribution in [-0.2, 0) is 7.05 Å². The van der Waals surface area contributed by atoms with Gasteiger partial charge in [0.1, 0.15) is 5.56 Å². The largest absolute Gasteiger partial charge is 0.371 e. The molecule has 1 aromatic heterocycles. The van der Waals surface area contributed by atoms with E-state index in [-0.39, 0.29) is 17.2 Å². The number of nitro groups is 1. The zero-order valence-corrected chi connectivity index (χ0v) is 16.1. The molecular formula is C20H25N5O3. The number of aromatic nitrogens is 2. The number of anilines is 1. The fourth-order valence-electron chi connectivity index (χ4n) is 4.26. The van der Waals surface area contributed by atoms with Gasteiger partial charge in [-0.15, -0.1) is 0 Å². The van der Waals surface area contributed by atoms with Crippen LogP contribution in [0.25, 0.3) is 0 Å². The molecule has 0 spiro atoms. The summed E-state index contributed by atoms with van der Waals surface area (Å²) in [6.07, 6.45) is 7.91. The van der Waals surface area contributed by atoms with Gasteiger partial charge in [0.25, 0.3) is 11.6 Å². The SMILES string of the molecule is Cn1cc(C2CCN(c3ccc([N+](=O)[O-])c(C(=O)N4CCCC4)c3)CC2)cn1. The maximum atomic E-state index is 12.8. The molecule has 0 unspecified atom stereocenters. The third kappa shape index (κ3) is 3.58. The smallest absolute Gasteiger partial charge is 0.282 e. The van der Waals surface area contributed by atoms with Crippen LogP contribution < -0.4 is 4.90 Å². The van der Waals surface area contributed by atoms with Crippen LogP contribution in [0.4, 0.5) is 11.4 Å². The van der Waals surface area contributed by atoms with Gasteiger partial charge in [-0.3, -0.25) is 19.6 Å². The average Bonchev–Trinajstić information content (AvgIpc) is 3.39. The van der Waals surface area contributed by atoms with Crippen molar-refractivity contribution in [1.29, 1.82) is 0 Å². The summed E-state index contributed by atoms with van der Waals surface area (Å²) in [5.74, 6) is 0.255. The first-order valence-corrected chi connectivity index (χ1v) is 9.84. The molecule has 0 aliphatic carbocycles. The van der Waals surface area contributed by atoms with Gasteiger partial charge in [-0.1, -0.05) is 0 Å². The van der Waals surface area contributed by atoms with Crippen molar-refractivity contribution in [2.75, 3.05) is 31.1 Å². The summed E-state index contributed by atoms with van der Waals surface area (Å²) in [6, 6.07) is 4.96. The summed E-state index contributed by atoms with van der Waals surface area (Å²) in [7, 11) is 1.93. The van der Waals surface area contributed by atoms with Crippen LogP contribution in [0.5, 0.6) is 0 Å². The van der Waals surface area contributed by atoms with Crippen molar-refractivity contribution in [2.24, 2.45) is 7.05 Å². The predicted molar refractivity (Wildman–Crippen MR) is 106 cm³/mol. The number of carbonyl (C=O) groups is 1. The molecule has 4 rings (SSSR count). The van der Waals surface area contributed by atoms with Gasteiger partial charge < -0.3 is 9.80 Å². The van der Waals surface area contributed by atoms with Crippen LogP contribution in [0.1, 0.15) is 47.5 Å². The van der Waals surface area contributed by atoms with E-state index in [2.05, 4.69) is 16.2 Å². The number of piperidine rings is 1. The minimum Gasteiger partial charge on any atom is -0.371 e. The van der Waals surface area contributed by atoms with Crippen LogP contribution in [0.15, 0.2) is 30.6 Å². The molecule has 28 heavy (non-hydrogen) atoms. The monoisotopic (exact) mass is 383 g/mol. The van der Waals surface area contributed by atoms with Gasteiger partial charge >= 0.3 is 0 Å². The fraction of sp³-hybridized carbons (Fsp3) is 0.500. The molecule has 0 atom stereocenters. The van der Waals surface area contributed by atoms with Crippen LogP contribution in [0, 0.1) is 10.1 Å². The molecule has 0 bridgehead atoms. The summed E-state index contributed by atoms with van der Waals surface area (Å²) >= 11 is 0. The predicted octanol–water partition coefficient (Wildman–Crippen LogP) is 2.95. The lowest BCUT2D eigenvalue weighted by Gasteiger charge is -2.33. The molecular weight excluding hydrogens is 358 g/mol. The number of likely N-dealkylation sites (tertiary alicyclic amines) is 1. The first-order valence-electron chi connectivity index (χ1n) is 9.84. The number of nitro benzene ring substituents is 1. The molecule has 8 heteroatoms. The summed E-state index contributed by atoms with van der Waals surface area (Å²) in [6.45, 7) is 3.07. The van der Waals surface area contributed by atoms with E-state index in [1.807, 2.05) is 17.9 Å². The Hall–Kier alpha value is -2.90. The Morgan fingerprint density at radius 2 is 1.89 bits per heavy atom. The van der Waals surface area contributed by atoms with Gasteiger partial charge in [0.05, 0.1) is 11.1 Å². The molecule has 1 aromatic carbocycles. The Labute approximate surface area is 163 Å². The molecule has 0 N–H and O–H groups in total. The zero-order chi connectivity index (χ0) is 19.7. The van der Waals surface area contributed by atoms with Gasteiger partial charge in [0, 0.05) is 51.2 Å². The second-order valence-corrected chi connectivity index (χ2v) is 7.67. The number of carbonyl (C=O) groups excluding carboxylic acids is 1. The molecule has 2 fully saturated rings. The highest BCUT2D eigenvalue weighted by molar-refractivity contribution is 5.99. The Morgan fingerprint density at radius 1 is 1.18 bits per heavy atom. The van der Waals surface area contributed by atoms with Crippen LogP contribution >= 0.6 is 0 Å². The third-order valence-corrected chi connectivity index (χ3v) is 5.86. The minimum atomic E-state index is -0.457. The van der Waals surface area contributed by atoms with Crippen LogP contribution in [-0.4, -0.2) is 51.7 Å². The Morgan fingerprint density at radius 3 is 2.50 bits per heavy atom. The number of nitrogens with zero attached hydrogens (tertiary/aromatic N) is 5. The molecule has 148 valence electrons. The lowest BCUT2D eigenvalue weighted by atomic mass is 9.91. The highest BCUT2D eigenvalue weighted by atomic mass is 16.6. The molecule has 1 amide bonds. The molecule has 2 aromatic rings. The Bertz CT molecular complexity index is 880. The molecule has 8 nitrogen and oxygen atoms in total. The van der Waals surface area contributed by atoms with E-state index in [1.54, 1.807) is 17.0 Å². The van der Waals surface area contributed by atoms with Crippen molar-refractivity contribution in [1.82, 2.24) is 14.7 Å². The van der Waals surface area contributed by atoms with Crippen LogP contribution in [0.3, 0.4) is 0 Å². The number of benzene rings is 1. The lowest BCUT2D eigenvalue weighted by Crippen LogP contribution is -2.33. The fourth-order valence-corrected chi connectivity index (χ4v) is 4.26. The van der Waals surface area contributed by atoms with Gasteiger partial charge in [-0.05, 0) is 49.3 Å². The van der Waals surface area contributed by atoms with E-state index in [0.29, 0.717) is 19.0 Å². The number of hydrogen-bond acceptors (Lipinski definition) is 5. The first kappa shape index (κ1) is 18.5. The normalized spacial score (nSPS) is 17.9. The van der Waals surface area contributed by atoms with E-state index in [1.165, 1.54) is 11.6 Å². The number of rotatable bonds is 4. The van der Waals surface area contributed by atoms with E-state index < -0.39 is 4.92 Å². The summed E-state index contributed by atoms with van der Waals surface area (Å²) in [5, 5.41) is 15.7. The quantitative estimate of drug-likeness (QED) is 0.599. The number of hydrogen-bond donors (Lipinski definition) is 0. The minimum absolute atomic E-state index is 0.106. The summed E-state index contributed by atoms with van der Waals surface area (Å²) < 4.78 is 1.83. The standard InChI is InChI=1S/C20H25N5O3/c1-22-14-16(13-21-22)15-6-10-23(11-7-15)17-4-5-19(25(27)28)18(12-17)20(26)24-8-2-3-9-24/h4-5,12-15H,2-3,6-11H2,1H3.